The van der Waals surface area contributed by atoms with Crippen LogP contribution in [0.4, 0.5) is 13.2 Å². The molecule has 2 nitrogen and oxygen atoms in total. The van der Waals surface area contributed by atoms with Gasteiger partial charge in [-0.3, -0.25) is 11.3 Å². The molecule has 108 valence electrons. The minimum atomic E-state index is -4.36. The number of alkyl halides is 3. The van der Waals surface area contributed by atoms with Crippen LogP contribution in [0, 0.1) is 11.8 Å². The molecule has 2 unspecified atom stereocenters. The highest BCUT2D eigenvalue weighted by atomic mass is 19.4. The lowest BCUT2D eigenvalue weighted by atomic mass is 9.86. The monoisotopic (exact) mass is 274 g/mol. The molecule has 0 spiro atoms. The maximum atomic E-state index is 13.0. The van der Waals surface area contributed by atoms with E-state index >= 15 is 0 Å². The van der Waals surface area contributed by atoms with E-state index in [1.165, 1.54) is 12.1 Å². The number of hydrogen-bond donors (Lipinski definition) is 2. The van der Waals surface area contributed by atoms with Gasteiger partial charge in [-0.15, -0.1) is 0 Å². The highest BCUT2D eigenvalue weighted by molar-refractivity contribution is 5.32. The molecular weight excluding hydrogens is 253 g/mol. The third kappa shape index (κ3) is 4.21. The summed E-state index contributed by atoms with van der Waals surface area (Å²) in [5.74, 6) is 5.90. The summed E-state index contributed by atoms with van der Waals surface area (Å²) < 4.78 is 39.0. The standard InChI is InChI=1S/C14H21F3N2/c1-9(2)8-10(3)13(19-18)11-6-4-5-7-12(11)14(15,16)17/h4-7,9-10,13,19H,8,18H2,1-3H3. The molecule has 2 atom stereocenters. The van der Waals surface area contributed by atoms with Gasteiger partial charge in [-0.25, -0.2) is 0 Å². The SMILES string of the molecule is CC(C)CC(C)C(NN)c1ccccc1C(F)(F)F. The number of rotatable bonds is 5. The zero-order valence-electron chi connectivity index (χ0n) is 11.5. The number of nitrogens with two attached hydrogens (primary N) is 1. The van der Waals surface area contributed by atoms with Crippen LogP contribution in [-0.4, -0.2) is 0 Å². The summed E-state index contributed by atoms with van der Waals surface area (Å²) in [6, 6.07) is 5.09. The Morgan fingerprint density at radius 1 is 1.16 bits per heavy atom. The third-order valence-electron chi connectivity index (χ3n) is 3.19. The quantitative estimate of drug-likeness (QED) is 0.631. The van der Waals surface area contributed by atoms with E-state index in [4.69, 9.17) is 5.84 Å². The van der Waals surface area contributed by atoms with Gasteiger partial charge >= 0.3 is 6.18 Å². The van der Waals surface area contributed by atoms with Crippen LogP contribution in [0.3, 0.4) is 0 Å². The van der Waals surface area contributed by atoms with Crippen LogP contribution in [0.5, 0.6) is 0 Å². The highest BCUT2D eigenvalue weighted by Gasteiger charge is 2.35. The largest absolute Gasteiger partial charge is 0.416 e. The Morgan fingerprint density at radius 3 is 2.21 bits per heavy atom. The molecule has 1 aromatic carbocycles. The summed E-state index contributed by atoms with van der Waals surface area (Å²) in [6.07, 6.45) is -3.55. The molecule has 0 bridgehead atoms. The van der Waals surface area contributed by atoms with E-state index in [9.17, 15) is 13.2 Å². The van der Waals surface area contributed by atoms with Gasteiger partial charge in [0.25, 0.3) is 0 Å². The van der Waals surface area contributed by atoms with Crippen molar-refractivity contribution in [2.45, 2.75) is 39.4 Å². The average molecular weight is 274 g/mol. The maximum absolute atomic E-state index is 13.0. The van der Waals surface area contributed by atoms with Crippen molar-refractivity contribution in [1.82, 2.24) is 5.43 Å². The van der Waals surface area contributed by atoms with Crippen LogP contribution < -0.4 is 11.3 Å². The number of benzene rings is 1. The van der Waals surface area contributed by atoms with Crippen LogP contribution in [0.1, 0.15) is 44.4 Å². The first kappa shape index (κ1) is 16.0. The van der Waals surface area contributed by atoms with Crippen LogP contribution in [-0.2, 0) is 6.18 Å². The first-order chi connectivity index (χ1) is 8.77. The molecule has 1 rings (SSSR count). The summed E-state index contributed by atoms with van der Waals surface area (Å²) >= 11 is 0. The predicted molar refractivity (Wildman–Crippen MR) is 70.1 cm³/mol. The van der Waals surface area contributed by atoms with Gasteiger partial charge in [0.05, 0.1) is 5.56 Å². The van der Waals surface area contributed by atoms with E-state index in [1.807, 2.05) is 20.8 Å². The van der Waals surface area contributed by atoms with E-state index in [2.05, 4.69) is 5.43 Å². The van der Waals surface area contributed by atoms with Crippen molar-refractivity contribution in [2.24, 2.45) is 17.7 Å². The summed E-state index contributed by atoms with van der Waals surface area (Å²) in [6.45, 7) is 6.00. The summed E-state index contributed by atoms with van der Waals surface area (Å²) in [4.78, 5) is 0. The molecule has 3 N–H and O–H groups in total. The minimum Gasteiger partial charge on any atom is -0.271 e. The van der Waals surface area contributed by atoms with E-state index in [1.54, 1.807) is 6.07 Å². The van der Waals surface area contributed by atoms with Crippen molar-refractivity contribution in [3.05, 3.63) is 35.4 Å². The Balaban J connectivity index is 3.12. The molecule has 0 amide bonds. The Morgan fingerprint density at radius 2 is 1.74 bits per heavy atom. The topological polar surface area (TPSA) is 38.0 Å². The predicted octanol–water partition coefficient (Wildman–Crippen LogP) is 3.89. The van der Waals surface area contributed by atoms with Gasteiger partial charge in [-0.1, -0.05) is 39.0 Å². The van der Waals surface area contributed by atoms with E-state index in [-0.39, 0.29) is 11.5 Å². The Bertz CT molecular complexity index is 402. The number of hydrazine groups is 1. The second kappa shape index (κ2) is 6.39. The van der Waals surface area contributed by atoms with Gasteiger partial charge in [-0.05, 0) is 29.9 Å². The van der Waals surface area contributed by atoms with Crippen molar-refractivity contribution in [3.63, 3.8) is 0 Å². The molecule has 5 heteroatoms. The smallest absolute Gasteiger partial charge is 0.271 e. The van der Waals surface area contributed by atoms with Crippen LogP contribution in [0.2, 0.25) is 0 Å². The van der Waals surface area contributed by atoms with Crippen molar-refractivity contribution in [1.29, 1.82) is 0 Å². The van der Waals surface area contributed by atoms with Crippen LogP contribution >= 0.6 is 0 Å². The fourth-order valence-electron chi connectivity index (χ4n) is 2.47. The molecule has 0 radical (unpaired) electrons. The second-order valence-electron chi connectivity index (χ2n) is 5.34. The van der Waals surface area contributed by atoms with Gasteiger partial charge in [0, 0.05) is 6.04 Å². The van der Waals surface area contributed by atoms with Gasteiger partial charge in [0.15, 0.2) is 0 Å². The maximum Gasteiger partial charge on any atom is 0.416 e. The van der Waals surface area contributed by atoms with Crippen molar-refractivity contribution in [3.8, 4) is 0 Å². The van der Waals surface area contributed by atoms with E-state index < -0.39 is 17.8 Å². The number of halogens is 3. The first-order valence-corrected chi connectivity index (χ1v) is 6.39. The van der Waals surface area contributed by atoms with Crippen LogP contribution in [0.15, 0.2) is 24.3 Å². The normalized spacial score (nSPS) is 15.6. The Labute approximate surface area is 112 Å². The zero-order chi connectivity index (χ0) is 14.6. The second-order valence-corrected chi connectivity index (χ2v) is 5.34. The molecule has 0 aliphatic carbocycles. The molecule has 0 aromatic heterocycles. The van der Waals surface area contributed by atoms with Crippen molar-refractivity contribution < 1.29 is 13.2 Å². The van der Waals surface area contributed by atoms with Gasteiger partial charge in [0.2, 0.25) is 0 Å². The minimum absolute atomic E-state index is 0.0218. The number of nitrogens with one attached hydrogen (secondary N) is 1. The molecule has 1 aromatic rings. The van der Waals surface area contributed by atoms with E-state index in [0.29, 0.717) is 5.92 Å². The van der Waals surface area contributed by atoms with Gasteiger partial charge in [0.1, 0.15) is 0 Å². The molecule has 0 heterocycles. The summed E-state index contributed by atoms with van der Waals surface area (Å²) in [5.41, 5.74) is 2.13. The first-order valence-electron chi connectivity index (χ1n) is 6.39. The fraction of sp³-hybridized carbons (Fsp3) is 0.571. The molecule has 0 aliphatic rings. The third-order valence-corrected chi connectivity index (χ3v) is 3.19. The van der Waals surface area contributed by atoms with Gasteiger partial charge in [-0.2, -0.15) is 13.2 Å². The Hall–Kier alpha value is -1.07. The van der Waals surface area contributed by atoms with Crippen molar-refractivity contribution in [2.75, 3.05) is 0 Å². The fourth-order valence-corrected chi connectivity index (χ4v) is 2.47. The highest BCUT2D eigenvalue weighted by Crippen LogP contribution is 2.37. The average Bonchev–Trinajstić information content (AvgIpc) is 2.28. The molecule has 19 heavy (non-hydrogen) atoms. The lowest BCUT2D eigenvalue weighted by Crippen LogP contribution is -2.34. The van der Waals surface area contributed by atoms with E-state index in [0.717, 1.165) is 12.5 Å². The molecule has 0 saturated heterocycles. The molecular formula is C14H21F3N2. The van der Waals surface area contributed by atoms with Crippen LogP contribution in [0.25, 0.3) is 0 Å². The molecule has 0 aliphatic heterocycles. The summed E-state index contributed by atoms with van der Waals surface area (Å²) in [7, 11) is 0. The summed E-state index contributed by atoms with van der Waals surface area (Å²) in [5, 5.41) is 0. The number of hydrogen-bond acceptors (Lipinski definition) is 2. The Kier molecular flexibility index (Phi) is 5.38. The zero-order valence-corrected chi connectivity index (χ0v) is 11.5. The lowest BCUT2D eigenvalue weighted by Gasteiger charge is -2.27. The van der Waals surface area contributed by atoms with Crippen molar-refractivity contribution >= 4 is 0 Å². The lowest BCUT2D eigenvalue weighted by molar-refractivity contribution is -0.138. The van der Waals surface area contributed by atoms with Gasteiger partial charge < -0.3 is 0 Å². The molecule has 0 saturated carbocycles. The molecule has 0 fully saturated rings.